The molecule has 182 valence electrons. The van der Waals surface area contributed by atoms with Gasteiger partial charge in [-0.05, 0) is 77.1 Å². The smallest absolute Gasteiger partial charge is 0.385 e. The fourth-order valence-electron chi connectivity index (χ4n) is 4.22. The Morgan fingerprint density at radius 2 is 1.43 bits per heavy atom. The van der Waals surface area contributed by atoms with Crippen molar-refractivity contribution in [1.29, 1.82) is 0 Å². The van der Waals surface area contributed by atoms with Gasteiger partial charge in [0.25, 0.3) is 0 Å². The van der Waals surface area contributed by atoms with Crippen molar-refractivity contribution in [2.75, 3.05) is 13.7 Å². The molecule has 0 N–H and O–H groups in total. The van der Waals surface area contributed by atoms with Gasteiger partial charge in [0.15, 0.2) is 0 Å². The fourth-order valence-corrected chi connectivity index (χ4v) is 4.22. The van der Waals surface area contributed by atoms with Gasteiger partial charge in [-0.2, -0.15) is 13.2 Å². The molecule has 0 saturated carbocycles. The van der Waals surface area contributed by atoms with Crippen LogP contribution in [0.15, 0.2) is 72.8 Å². The molecule has 0 spiro atoms. The van der Waals surface area contributed by atoms with Gasteiger partial charge in [-0.25, -0.2) is 8.78 Å². The van der Waals surface area contributed by atoms with E-state index in [4.69, 9.17) is 4.74 Å². The maximum Gasteiger partial charge on any atom is 0.419 e. The van der Waals surface area contributed by atoms with E-state index in [1.165, 1.54) is 11.6 Å². The highest BCUT2D eigenvalue weighted by atomic mass is 19.4. The maximum atomic E-state index is 15.2. The molecule has 0 radical (unpaired) electrons. The summed E-state index contributed by atoms with van der Waals surface area (Å²) in [7, 11) is 1.69. The molecule has 0 aliphatic carbocycles. The van der Waals surface area contributed by atoms with Crippen molar-refractivity contribution in [3.8, 4) is 11.1 Å². The second-order valence-corrected chi connectivity index (χ2v) is 8.58. The lowest BCUT2D eigenvalue weighted by Crippen LogP contribution is -2.08. The quantitative estimate of drug-likeness (QED) is 0.181. The molecule has 4 rings (SSSR count). The number of ether oxygens (including phenoxy) is 1. The van der Waals surface area contributed by atoms with Gasteiger partial charge in [0, 0.05) is 19.1 Å². The fraction of sp³-hybridized carbons (Fsp3) is 0.241. The Hall–Kier alpha value is -3.25. The van der Waals surface area contributed by atoms with E-state index in [0.717, 1.165) is 48.1 Å². The zero-order valence-electron chi connectivity index (χ0n) is 19.3. The van der Waals surface area contributed by atoms with Crippen molar-refractivity contribution in [3.63, 3.8) is 0 Å². The Bertz CT molecular complexity index is 1310. The third kappa shape index (κ3) is 5.88. The van der Waals surface area contributed by atoms with E-state index in [9.17, 15) is 17.6 Å². The third-order valence-electron chi connectivity index (χ3n) is 6.16. The largest absolute Gasteiger partial charge is 0.419 e. The highest BCUT2D eigenvalue weighted by Gasteiger charge is 2.33. The molecular formula is C29H25F5O. The molecule has 0 fully saturated rings. The Kier molecular flexibility index (Phi) is 7.51. The van der Waals surface area contributed by atoms with E-state index in [0.29, 0.717) is 16.5 Å². The molecule has 0 aliphatic heterocycles. The Balaban J connectivity index is 1.49. The van der Waals surface area contributed by atoms with Crippen LogP contribution in [0.25, 0.3) is 21.9 Å². The second kappa shape index (κ2) is 10.6. The minimum atomic E-state index is -4.74. The average Bonchev–Trinajstić information content (AvgIpc) is 2.83. The molecule has 0 unspecified atom stereocenters. The SMILES string of the molecule is COCCCc1ccc(-c2ccc3c(F)c(CCc4ccc(C(F)(F)F)c(F)c4)ccc3c2)cc1. The Labute approximate surface area is 201 Å². The summed E-state index contributed by atoms with van der Waals surface area (Å²) in [4.78, 5) is 0. The topological polar surface area (TPSA) is 9.23 Å². The van der Waals surface area contributed by atoms with Gasteiger partial charge in [0.05, 0.1) is 5.56 Å². The molecule has 6 heteroatoms. The van der Waals surface area contributed by atoms with Crippen LogP contribution in [0, 0.1) is 11.6 Å². The van der Waals surface area contributed by atoms with Crippen molar-refractivity contribution in [2.24, 2.45) is 0 Å². The Morgan fingerprint density at radius 1 is 0.714 bits per heavy atom. The number of rotatable bonds is 8. The molecule has 0 amide bonds. The first-order chi connectivity index (χ1) is 16.8. The zero-order valence-corrected chi connectivity index (χ0v) is 19.3. The average molecular weight is 485 g/mol. The zero-order chi connectivity index (χ0) is 25.0. The van der Waals surface area contributed by atoms with E-state index >= 15 is 4.39 Å². The number of halogens is 5. The summed E-state index contributed by atoms with van der Waals surface area (Å²) in [6.45, 7) is 0.723. The number of aryl methyl sites for hydroxylation is 3. The van der Waals surface area contributed by atoms with Gasteiger partial charge in [-0.3, -0.25) is 0 Å². The summed E-state index contributed by atoms with van der Waals surface area (Å²) in [5.41, 5.74) is 2.77. The number of hydrogen-bond donors (Lipinski definition) is 0. The first-order valence-electron chi connectivity index (χ1n) is 11.4. The predicted molar refractivity (Wildman–Crippen MR) is 128 cm³/mol. The molecule has 0 atom stereocenters. The van der Waals surface area contributed by atoms with Gasteiger partial charge < -0.3 is 4.74 Å². The van der Waals surface area contributed by atoms with E-state index < -0.39 is 17.6 Å². The van der Waals surface area contributed by atoms with Crippen LogP contribution in [0.2, 0.25) is 0 Å². The second-order valence-electron chi connectivity index (χ2n) is 8.58. The van der Waals surface area contributed by atoms with Crippen LogP contribution in [0.1, 0.15) is 28.7 Å². The van der Waals surface area contributed by atoms with Gasteiger partial charge in [-0.1, -0.05) is 54.6 Å². The van der Waals surface area contributed by atoms with Crippen molar-refractivity contribution < 1.29 is 26.7 Å². The number of alkyl halides is 3. The summed E-state index contributed by atoms with van der Waals surface area (Å²) < 4.78 is 72.3. The summed E-state index contributed by atoms with van der Waals surface area (Å²) in [6.07, 6.45) is -2.36. The van der Waals surface area contributed by atoms with Crippen LogP contribution in [-0.2, 0) is 30.2 Å². The lowest BCUT2D eigenvalue weighted by molar-refractivity contribution is -0.140. The van der Waals surface area contributed by atoms with Crippen molar-refractivity contribution >= 4 is 10.8 Å². The molecule has 4 aromatic carbocycles. The normalized spacial score (nSPS) is 11.8. The molecule has 0 saturated heterocycles. The molecule has 4 aromatic rings. The summed E-state index contributed by atoms with van der Waals surface area (Å²) in [5, 5.41) is 1.23. The highest BCUT2D eigenvalue weighted by Crippen LogP contribution is 2.32. The number of benzene rings is 4. The third-order valence-corrected chi connectivity index (χ3v) is 6.16. The van der Waals surface area contributed by atoms with Gasteiger partial charge in [0.2, 0.25) is 0 Å². The van der Waals surface area contributed by atoms with Gasteiger partial charge >= 0.3 is 6.18 Å². The molecule has 0 aliphatic rings. The Morgan fingerprint density at radius 3 is 2.11 bits per heavy atom. The molecule has 0 heterocycles. The predicted octanol–water partition coefficient (Wildman–Crippen LogP) is 8.17. The van der Waals surface area contributed by atoms with Crippen LogP contribution >= 0.6 is 0 Å². The molecular weight excluding hydrogens is 459 g/mol. The molecule has 35 heavy (non-hydrogen) atoms. The summed E-state index contributed by atoms with van der Waals surface area (Å²) in [5.74, 6) is -1.68. The minimum Gasteiger partial charge on any atom is -0.385 e. The standard InChI is InChI=1S/C29H25F5O/c1-35-16-2-3-19-4-8-21(9-5-19)23-13-14-25-24(18-23)12-11-22(28(25)31)10-6-20-7-15-26(27(30)17-20)29(32,33)34/h4-5,7-9,11-15,17-18H,2-3,6,10,16H2,1H3. The van der Waals surface area contributed by atoms with Crippen LogP contribution in [0.5, 0.6) is 0 Å². The van der Waals surface area contributed by atoms with Crippen molar-refractivity contribution in [3.05, 3.63) is 107 Å². The van der Waals surface area contributed by atoms with Crippen molar-refractivity contribution in [1.82, 2.24) is 0 Å². The highest BCUT2D eigenvalue weighted by molar-refractivity contribution is 5.88. The first-order valence-corrected chi connectivity index (χ1v) is 11.4. The van der Waals surface area contributed by atoms with Gasteiger partial charge in [0.1, 0.15) is 11.6 Å². The minimum absolute atomic E-state index is 0.228. The van der Waals surface area contributed by atoms with Crippen molar-refractivity contribution in [2.45, 2.75) is 31.9 Å². The monoisotopic (exact) mass is 484 g/mol. The number of hydrogen-bond acceptors (Lipinski definition) is 1. The van der Waals surface area contributed by atoms with Crippen LogP contribution < -0.4 is 0 Å². The lowest BCUT2D eigenvalue weighted by Gasteiger charge is -2.11. The maximum absolute atomic E-state index is 15.2. The van der Waals surface area contributed by atoms with Crippen LogP contribution in [-0.4, -0.2) is 13.7 Å². The molecule has 0 aromatic heterocycles. The van der Waals surface area contributed by atoms with Crippen LogP contribution in [0.3, 0.4) is 0 Å². The molecule has 1 nitrogen and oxygen atoms in total. The lowest BCUT2D eigenvalue weighted by atomic mass is 9.96. The number of methoxy groups -OCH3 is 1. The van der Waals surface area contributed by atoms with E-state index in [-0.39, 0.29) is 18.7 Å². The van der Waals surface area contributed by atoms with E-state index in [2.05, 4.69) is 24.3 Å². The first kappa shape index (κ1) is 24.9. The summed E-state index contributed by atoms with van der Waals surface area (Å²) in [6, 6.07) is 20.2. The van der Waals surface area contributed by atoms with Crippen LogP contribution in [0.4, 0.5) is 22.0 Å². The summed E-state index contributed by atoms with van der Waals surface area (Å²) >= 11 is 0. The van der Waals surface area contributed by atoms with E-state index in [1.54, 1.807) is 19.2 Å². The van der Waals surface area contributed by atoms with Gasteiger partial charge in [-0.15, -0.1) is 0 Å². The molecule has 0 bridgehead atoms. The van der Waals surface area contributed by atoms with E-state index in [1.807, 2.05) is 18.2 Å². The number of fused-ring (bicyclic) bond motifs is 1.